The molecule has 0 aromatic heterocycles. The Morgan fingerprint density at radius 1 is 0.810 bits per heavy atom. The number of rotatable bonds is 5. The Bertz CT molecular complexity index is 647. The van der Waals surface area contributed by atoms with Gasteiger partial charge >= 0.3 is 0 Å². The second-order valence-electron chi connectivity index (χ2n) is 4.34. The molecule has 0 atom stereocenters. The van der Waals surface area contributed by atoms with Crippen molar-refractivity contribution in [2.24, 2.45) is 0 Å². The summed E-state index contributed by atoms with van der Waals surface area (Å²) in [6.45, 7) is 0. The van der Waals surface area contributed by atoms with Crippen LogP contribution in [-0.2, 0) is 0 Å². The number of methoxy groups -OCH3 is 3. The molecule has 0 aliphatic rings. The van der Waals surface area contributed by atoms with Gasteiger partial charge in [0.25, 0.3) is 0 Å². The molecule has 0 aliphatic carbocycles. The van der Waals surface area contributed by atoms with Crippen LogP contribution in [0, 0.1) is 0 Å². The summed E-state index contributed by atoms with van der Waals surface area (Å²) in [6, 6.07) is 10.9. The topological polar surface area (TPSA) is 47.9 Å². The normalized spacial score (nSPS) is 10.6. The fourth-order valence-electron chi connectivity index (χ4n) is 1.97. The van der Waals surface area contributed by atoms with E-state index in [2.05, 4.69) is 0 Å². The second-order valence-corrected chi connectivity index (χ2v) is 4.34. The summed E-state index contributed by atoms with van der Waals surface area (Å²) >= 11 is 0. The molecular weight excluding hydrogens is 268 g/mol. The summed E-state index contributed by atoms with van der Waals surface area (Å²) in [5.74, 6) is 1.99. The molecule has 110 valence electrons. The van der Waals surface area contributed by atoms with Crippen molar-refractivity contribution in [2.75, 3.05) is 21.3 Å². The maximum atomic E-state index is 10.0. The molecule has 21 heavy (non-hydrogen) atoms. The van der Waals surface area contributed by atoms with E-state index in [1.165, 1.54) is 7.11 Å². The van der Waals surface area contributed by atoms with Gasteiger partial charge in [-0.3, -0.25) is 0 Å². The van der Waals surface area contributed by atoms with Gasteiger partial charge in [0.15, 0.2) is 11.5 Å². The van der Waals surface area contributed by atoms with Crippen LogP contribution in [0.25, 0.3) is 12.2 Å². The van der Waals surface area contributed by atoms with Gasteiger partial charge in [-0.15, -0.1) is 0 Å². The molecule has 1 N–H and O–H groups in total. The zero-order valence-electron chi connectivity index (χ0n) is 12.3. The molecule has 0 unspecified atom stereocenters. The van der Waals surface area contributed by atoms with Crippen molar-refractivity contribution in [1.29, 1.82) is 0 Å². The van der Waals surface area contributed by atoms with Crippen molar-refractivity contribution in [1.82, 2.24) is 0 Å². The quantitative estimate of drug-likeness (QED) is 0.853. The Kier molecular flexibility index (Phi) is 4.72. The van der Waals surface area contributed by atoms with E-state index in [0.717, 1.165) is 11.3 Å². The van der Waals surface area contributed by atoms with Crippen molar-refractivity contribution >= 4 is 12.2 Å². The molecule has 4 nitrogen and oxygen atoms in total. The lowest BCUT2D eigenvalue weighted by Crippen LogP contribution is -1.89. The minimum Gasteiger partial charge on any atom is -0.504 e. The molecular formula is C17H18O4. The summed E-state index contributed by atoms with van der Waals surface area (Å²) in [7, 11) is 4.74. The monoisotopic (exact) mass is 286 g/mol. The average Bonchev–Trinajstić information content (AvgIpc) is 2.53. The van der Waals surface area contributed by atoms with Crippen LogP contribution in [0.3, 0.4) is 0 Å². The third kappa shape index (κ3) is 3.28. The highest BCUT2D eigenvalue weighted by Gasteiger charge is 2.05. The van der Waals surface area contributed by atoms with E-state index in [-0.39, 0.29) is 5.75 Å². The average molecular weight is 286 g/mol. The zero-order chi connectivity index (χ0) is 15.2. The predicted octanol–water partition coefficient (Wildman–Crippen LogP) is 3.59. The lowest BCUT2D eigenvalue weighted by atomic mass is 10.1. The Morgan fingerprint density at radius 2 is 1.52 bits per heavy atom. The molecule has 0 saturated carbocycles. The van der Waals surface area contributed by atoms with Crippen LogP contribution in [0.4, 0.5) is 0 Å². The van der Waals surface area contributed by atoms with Gasteiger partial charge in [0, 0.05) is 17.2 Å². The first-order valence-electron chi connectivity index (χ1n) is 6.45. The van der Waals surface area contributed by atoms with Gasteiger partial charge in [-0.25, -0.2) is 0 Å². The third-order valence-corrected chi connectivity index (χ3v) is 3.13. The smallest absolute Gasteiger partial charge is 0.165 e. The zero-order valence-corrected chi connectivity index (χ0v) is 12.3. The first-order chi connectivity index (χ1) is 10.2. The molecule has 0 fully saturated rings. The van der Waals surface area contributed by atoms with Crippen molar-refractivity contribution in [3.8, 4) is 23.0 Å². The fraction of sp³-hybridized carbons (Fsp3) is 0.176. The lowest BCUT2D eigenvalue weighted by Gasteiger charge is -2.08. The van der Waals surface area contributed by atoms with Gasteiger partial charge in [0.1, 0.15) is 11.5 Å². The van der Waals surface area contributed by atoms with Crippen LogP contribution in [-0.4, -0.2) is 26.4 Å². The van der Waals surface area contributed by atoms with E-state index in [4.69, 9.17) is 14.2 Å². The second kappa shape index (κ2) is 6.70. The summed E-state index contributed by atoms with van der Waals surface area (Å²) in [6.07, 6.45) is 3.68. The first-order valence-corrected chi connectivity index (χ1v) is 6.45. The maximum absolute atomic E-state index is 10.0. The van der Waals surface area contributed by atoms with Gasteiger partial charge in [-0.05, 0) is 18.2 Å². The van der Waals surface area contributed by atoms with Crippen LogP contribution in [0.5, 0.6) is 23.0 Å². The van der Waals surface area contributed by atoms with Gasteiger partial charge in [-0.2, -0.15) is 0 Å². The molecule has 0 aliphatic heterocycles. The number of hydrogen-bond donors (Lipinski definition) is 1. The first kappa shape index (κ1) is 14.8. The Balaban J connectivity index is 2.33. The van der Waals surface area contributed by atoms with E-state index in [0.29, 0.717) is 17.1 Å². The number of aromatic hydroxyl groups is 1. The minimum absolute atomic E-state index is 0.115. The van der Waals surface area contributed by atoms with Crippen molar-refractivity contribution in [3.05, 3.63) is 47.5 Å². The van der Waals surface area contributed by atoms with E-state index >= 15 is 0 Å². The number of phenols is 1. The standard InChI is InChI=1S/C17H18O4/c1-19-14-10-9-12(16(11-14)21-3)7-8-13-5-4-6-15(20-2)17(13)18/h4-11,18H,1-3H3/b8-7+. The Hall–Kier alpha value is -2.62. The van der Waals surface area contributed by atoms with Crippen molar-refractivity contribution in [2.45, 2.75) is 0 Å². The summed E-state index contributed by atoms with van der Waals surface area (Å²) < 4.78 is 15.6. The van der Waals surface area contributed by atoms with Gasteiger partial charge in [-0.1, -0.05) is 24.3 Å². The lowest BCUT2D eigenvalue weighted by molar-refractivity contribution is 0.373. The molecule has 2 rings (SSSR count). The van der Waals surface area contributed by atoms with Crippen LogP contribution >= 0.6 is 0 Å². The minimum atomic E-state index is 0.115. The number of phenolic OH excluding ortho intramolecular Hbond substituents is 1. The summed E-state index contributed by atoms with van der Waals surface area (Å²) in [4.78, 5) is 0. The maximum Gasteiger partial charge on any atom is 0.165 e. The molecule has 2 aromatic rings. The highest BCUT2D eigenvalue weighted by molar-refractivity contribution is 5.76. The number of hydrogen-bond acceptors (Lipinski definition) is 4. The predicted molar refractivity (Wildman–Crippen MR) is 83.1 cm³/mol. The summed E-state index contributed by atoms with van der Waals surface area (Å²) in [5, 5.41) is 10.0. The van der Waals surface area contributed by atoms with Crippen LogP contribution in [0.1, 0.15) is 11.1 Å². The van der Waals surface area contributed by atoms with Crippen LogP contribution in [0.2, 0.25) is 0 Å². The number of benzene rings is 2. The molecule has 0 amide bonds. The van der Waals surface area contributed by atoms with E-state index in [9.17, 15) is 5.11 Å². The number of para-hydroxylation sites is 1. The molecule has 0 radical (unpaired) electrons. The van der Waals surface area contributed by atoms with Crippen LogP contribution in [0.15, 0.2) is 36.4 Å². The van der Waals surface area contributed by atoms with Crippen molar-refractivity contribution in [3.63, 3.8) is 0 Å². The van der Waals surface area contributed by atoms with E-state index < -0.39 is 0 Å². The van der Waals surface area contributed by atoms with E-state index in [1.807, 2.05) is 42.5 Å². The molecule has 0 bridgehead atoms. The number of ether oxygens (including phenoxy) is 3. The van der Waals surface area contributed by atoms with E-state index in [1.54, 1.807) is 20.3 Å². The SMILES string of the molecule is COc1ccc(/C=C/c2cccc(OC)c2O)c(OC)c1. The molecule has 0 spiro atoms. The molecule has 0 heterocycles. The van der Waals surface area contributed by atoms with Crippen molar-refractivity contribution < 1.29 is 19.3 Å². The van der Waals surface area contributed by atoms with Gasteiger partial charge in [0.05, 0.1) is 21.3 Å². The van der Waals surface area contributed by atoms with Gasteiger partial charge < -0.3 is 19.3 Å². The highest BCUT2D eigenvalue weighted by atomic mass is 16.5. The Labute approximate surface area is 124 Å². The van der Waals surface area contributed by atoms with Gasteiger partial charge in [0.2, 0.25) is 0 Å². The highest BCUT2D eigenvalue weighted by Crippen LogP contribution is 2.32. The molecule has 4 heteroatoms. The largest absolute Gasteiger partial charge is 0.504 e. The fourth-order valence-corrected chi connectivity index (χ4v) is 1.97. The third-order valence-electron chi connectivity index (χ3n) is 3.13. The summed E-state index contributed by atoms with van der Waals surface area (Å²) in [5.41, 5.74) is 1.56. The Morgan fingerprint density at radius 3 is 2.19 bits per heavy atom. The van der Waals surface area contributed by atoms with Crippen LogP contribution < -0.4 is 14.2 Å². The molecule has 2 aromatic carbocycles. The molecule has 0 saturated heterocycles.